The van der Waals surface area contributed by atoms with Crippen LogP contribution < -0.4 is 15.5 Å². The third-order valence-corrected chi connectivity index (χ3v) is 9.72. The van der Waals surface area contributed by atoms with Crippen LogP contribution in [0.1, 0.15) is 64.8 Å². The summed E-state index contributed by atoms with van der Waals surface area (Å²) in [5.74, 6) is 3.67. The summed E-state index contributed by atoms with van der Waals surface area (Å²) >= 11 is 6.06. The molecule has 2 aliphatic heterocycles. The fourth-order valence-electron chi connectivity index (χ4n) is 6.22. The van der Waals surface area contributed by atoms with Gasteiger partial charge in [0.25, 0.3) is 11.8 Å². The molecule has 1 aliphatic carbocycles. The lowest BCUT2D eigenvalue weighted by Gasteiger charge is -2.40. The predicted molar refractivity (Wildman–Crippen MR) is 176 cm³/mol. The Hall–Kier alpha value is -5.67. The van der Waals surface area contributed by atoms with E-state index in [2.05, 4.69) is 27.6 Å². The summed E-state index contributed by atoms with van der Waals surface area (Å²) in [6.07, 6.45) is -1.27. The Morgan fingerprint density at radius 3 is 2.53 bits per heavy atom. The average molecular weight is 720 g/mol. The average Bonchev–Trinajstić information content (AvgIpc) is 3.45. The normalized spacial score (nSPS) is 18.3. The highest BCUT2D eigenvalue weighted by molar-refractivity contribution is 6.33. The molecule has 262 valence electrons. The topological polar surface area (TPSA) is 158 Å². The van der Waals surface area contributed by atoms with Gasteiger partial charge in [-0.1, -0.05) is 29.5 Å². The van der Waals surface area contributed by atoms with E-state index in [0.29, 0.717) is 55.6 Å². The molecule has 16 heteroatoms. The van der Waals surface area contributed by atoms with E-state index in [-0.39, 0.29) is 40.7 Å². The number of alkyl halides is 3. The fourth-order valence-corrected chi connectivity index (χ4v) is 6.45. The van der Waals surface area contributed by atoms with Gasteiger partial charge in [-0.2, -0.15) is 23.5 Å². The Morgan fingerprint density at radius 1 is 1.18 bits per heavy atom. The van der Waals surface area contributed by atoms with E-state index < -0.39 is 46.9 Å². The van der Waals surface area contributed by atoms with Crippen molar-refractivity contribution < 1.29 is 37.1 Å². The first-order valence-electron chi connectivity index (χ1n) is 15.9. The van der Waals surface area contributed by atoms with E-state index >= 15 is 0 Å². The molecule has 2 saturated heterocycles. The summed E-state index contributed by atoms with van der Waals surface area (Å²) in [5, 5.41) is 18.6. The van der Waals surface area contributed by atoms with Gasteiger partial charge in [0, 0.05) is 37.0 Å². The number of rotatable bonds is 7. The van der Waals surface area contributed by atoms with Crippen molar-refractivity contribution in [2.75, 3.05) is 23.3 Å². The van der Waals surface area contributed by atoms with Crippen LogP contribution in [0.2, 0.25) is 5.02 Å². The van der Waals surface area contributed by atoms with Crippen LogP contribution in [0.3, 0.4) is 0 Å². The van der Waals surface area contributed by atoms with Crippen LogP contribution >= 0.6 is 11.6 Å². The van der Waals surface area contributed by atoms with Crippen molar-refractivity contribution in [1.82, 2.24) is 20.0 Å². The first-order valence-corrected chi connectivity index (χ1v) is 16.3. The highest BCUT2D eigenvalue weighted by atomic mass is 35.5. The number of piperidine rings is 1. The molecule has 2 aromatic carbocycles. The van der Waals surface area contributed by atoms with Gasteiger partial charge in [0.2, 0.25) is 18.2 Å². The van der Waals surface area contributed by atoms with Gasteiger partial charge in [0.05, 0.1) is 27.8 Å². The van der Waals surface area contributed by atoms with Crippen LogP contribution in [0.15, 0.2) is 42.6 Å². The fraction of sp³-hybridized carbons (Fsp3) is 0.343. The molecule has 3 heterocycles. The molecule has 0 bridgehead atoms. The van der Waals surface area contributed by atoms with Crippen LogP contribution in [-0.2, 0) is 30.9 Å². The number of nitrogens with zero attached hydrogens (tertiary/aromatic N) is 5. The maximum absolute atomic E-state index is 13.5. The van der Waals surface area contributed by atoms with Crippen LogP contribution in [0.25, 0.3) is 0 Å². The number of hydrogen-bond donors (Lipinski definition) is 2. The molecule has 51 heavy (non-hydrogen) atoms. The van der Waals surface area contributed by atoms with Crippen LogP contribution in [0.5, 0.6) is 0 Å². The lowest BCUT2D eigenvalue weighted by atomic mass is 9.76. The molecular formula is C35H29ClF3N7O5. The van der Waals surface area contributed by atoms with E-state index in [1.165, 1.54) is 10.9 Å². The van der Waals surface area contributed by atoms with Crippen molar-refractivity contribution in [1.29, 1.82) is 5.26 Å². The second kappa shape index (κ2) is 13.6. The minimum absolute atomic E-state index is 0.0112. The van der Waals surface area contributed by atoms with Gasteiger partial charge < -0.3 is 10.2 Å². The highest BCUT2D eigenvalue weighted by Gasteiger charge is 2.47. The second-order valence-corrected chi connectivity index (χ2v) is 13.0. The van der Waals surface area contributed by atoms with Gasteiger partial charge >= 0.3 is 6.18 Å². The summed E-state index contributed by atoms with van der Waals surface area (Å²) < 4.78 is 40.6. The van der Waals surface area contributed by atoms with Gasteiger partial charge in [0.1, 0.15) is 17.6 Å². The number of nitrogens with one attached hydrogen (secondary N) is 2. The zero-order valence-electron chi connectivity index (χ0n) is 27.0. The lowest BCUT2D eigenvalue weighted by Crippen LogP contribution is -2.54. The molecule has 0 radical (unpaired) electrons. The molecule has 6 rings (SSSR count). The number of benzene rings is 2. The molecule has 3 aromatic rings. The lowest BCUT2D eigenvalue weighted by molar-refractivity contribution is -0.139. The van der Waals surface area contributed by atoms with Gasteiger partial charge in [-0.15, -0.1) is 0 Å². The van der Waals surface area contributed by atoms with Gasteiger partial charge in [-0.3, -0.25) is 38.9 Å². The molecule has 12 nitrogen and oxygen atoms in total. The Kier molecular flexibility index (Phi) is 9.35. The Bertz CT molecular complexity index is 2070. The summed E-state index contributed by atoms with van der Waals surface area (Å²) in [4.78, 5) is 65.4. The summed E-state index contributed by atoms with van der Waals surface area (Å²) in [5.41, 5.74) is -0.240. The number of halogens is 4. The zero-order chi connectivity index (χ0) is 36.7. The van der Waals surface area contributed by atoms with Crippen molar-refractivity contribution in [3.8, 4) is 17.9 Å². The molecular weight excluding hydrogens is 691 g/mol. The van der Waals surface area contributed by atoms with Crippen molar-refractivity contribution in [3.05, 3.63) is 75.6 Å². The van der Waals surface area contributed by atoms with Crippen molar-refractivity contribution in [2.24, 2.45) is 5.92 Å². The minimum Gasteiger partial charge on any atom is -0.369 e. The van der Waals surface area contributed by atoms with Crippen molar-refractivity contribution >= 4 is 53.0 Å². The predicted octanol–water partition coefficient (Wildman–Crippen LogP) is 4.15. The number of amides is 5. The largest absolute Gasteiger partial charge is 0.416 e. The van der Waals surface area contributed by atoms with Crippen LogP contribution in [0, 0.1) is 36.0 Å². The summed E-state index contributed by atoms with van der Waals surface area (Å²) in [6.45, 7) is 2.69. The first-order chi connectivity index (χ1) is 24.2. The molecule has 2 N–H and O–H groups in total. The quantitative estimate of drug-likeness (QED) is 0.210. The van der Waals surface area contributed by atoms with Crippen LogP contribution in [-0.4, -0.2) is 63.9 Å². The number of nitriles is 1. The number of aryl methyl sites for hydroxylation is 1. The number of carbonyl (C=O) groups is 5. The van der Waals surface area contributed by atoms with E-state index in [1.807, 2.05) is 17.0 Å². The monoisotopic (exact) mass is 719 g/mol. The Balaban J connectivity index is 1.13. The molecule has 3 fully saturated rings. The summed E-state index contributed by atoms with van der Waals surface area (Å²) in [7, 11) is 0. The first kappa shape index (κ1) is 35.2. The number of imide groups is 2. The maximum Gasteiger partial charge on any atom is 0.416 e. The van der Waals surface area contributed by atoms with Gasteiger partial charge in [-0.05, 0) is 68.5 Å². The van der Waals surface area contributed by atoms with E-state index in [1.54, 1.807) is 19.1 Å². The minimum atomic E-state index is -4.59. The molecule has 1 atom stereocenters. The van der Waals surface area contributed by atoms with Crippen molar-refractivity contribution in [2.45, 2.75) is 56.8 Å². The maximum atomic E-state index is 13.5. The van der Waals surface area contributed by atoms with E-state index in [4.69, 9.17) is 11.6 Å². The molecule has 0 spiro atoms. The smallest absolute Gasteiger partial charge is 0.369 e. The van der Waals surface area contributed by atoms with Crippen molar-refractivity contribution in [3.63, 3.8) is 0 Å². The number of aromatic nitrogens is 2. The second-order valence-electron chi connectivity index (χ2n) is 12.6. The molecule has 1 saturated carbocycles. The molecule has 1 aromatic heterocycles. The molecule has 1 unspecified atom stereocenters. The summed E-state index contributed by atoms with van der Waals surface area (Å²) in [6, 6.07) is 8.78. The third-order valence-electron chi connectivity index (χ3n) is 9.41. The van der Waals surface area contributed by atoms with E-state index in [0.717, 1.165) is 23.1 Å². The highest BCUT2D eigenvalue weighted by Crippen LogP contribution is 2.41. The van der Waals surface area contributed by atoms with Gasteiger partial charge in [0.15, 0.2) is 5.69 Å². The van der Waals surface area contributed by atoms with Crippen LogP contribution in [0.4, 0.5) is 24.5 Å². The number of anilines is 2. The standard InChI is InChI=1S/C35H29ClF3N7O5/c1-20-3-7-24(14-25(20)32(50)45(19-47)29-9-10-30(48)42-31(29)49)44-16-21(17-44)4-5-22-18-46(43-28(22)15-40)34(11-2-12-34)33(51)41-27-8-6-23(13-26(27)36)35(37,38)39/h3,6-8,13-14,18-19,21,29H,2,9-12,16-17H2,1H3,(H,41,51)(H,42,48,49). The van der Waals surface area contributed by atoms with E-state index in [9.17, 15) is 42.4 Å². The van der Waals surface area contributed by atoms with Gasteiger partial charge in [-0.25, -0.2) is 0 Å². The molecule has 5 amide bonds. The Morgan fingerprint density at radius 2 is 1.92 bits per heavy atom. The molecule has 3 aliphatic rings. The SMILES string of the molecule is Cc1ccc(N2CC(C#Cc3cn(C4(C(=O)Nc5ccc(C(F)(F)F)cc5Cl)CCC4)nc3C#N)C2)cc1C(=O)N(C=O)C1CCC(=O)NC1=O. The number of carbonyl (C=O) groups excluding carboxylic acids is 5. The zero-order valence-corrected chi connectivity index (χ0v) is 27.8. The third kappa shape index (κ3) is 6.77. The number of hydrogen-bond acceptors (Lipinski definition) is 8. The Labute approximate surface area is 294 Å².